The summed E-state index contributed by atoms with van der Waals surface area (Å²) >= 11 is 0. The van der Waals surface area contributed by atoms with Crippen LogP contribution in [-0.2, 0) is 6.18 Å². The van der Waals surface area contributed by atoms with Gasteiger partial charge in [0.2, 0.25) is 0 Å². The van der Waals surface area contributed by atoms with Crippen LogP contribution in [0.1, 0.15) is 40.5 Å². The molecule has 1 atom stereocenters. The molecule has 3 aromatic rings. The van der Waals surface area contributed by atoms with Crippen molar-refractivity contribution in [2.45, 2.75) is 24.9 Å². The minimum atomic E-state index is -4.44. The third-order valence-corrected chi connectivity index (χ3v) is 5.19. The van der Waals surface area contributed by atoms with Gasteiger partial charge < -0.3 is 4.90 Å². The van der Waals surface area contributed by atoms with E-state index in [0.29, 0.717) is 31.0 Å². The summed E-state index contributed by atoms with van der Waals surface area (Å²) in [7, 11) is 0. The molecule has 2 heterocycles. The van der Waals surface area contributed by atoms with Crippen molar-refractivity contribution in [1.29, 1.82) is 0 Å². The molecule has 6 nitrogen and oxygen atoms in total. The van der Waals surface area contributed by atoms with E-state index in [4.69, 9.17) is 0 Å². The van der Waals surface area contributed by atoms with Crippen molar-refractivity contribution in [3.63, 3.8) is 0 Å². The van der Waals surface area contributed by atoms with Crippen LogP contribution in [0, 0.1) is 0 Å². The molecule has 0 bridgehead atoms. The van der Waals surface area contributed by atoms with Crippen LogP contribution in [0.3, 0.4) is 0 Å². The Hall–Kier alpha value is -3.36. The first kappa shape index (κ1) is 19.9. The number of rotatable bonds is 3. The SMILES string of the molecule is O=C(c1ccc(C(F)(F)F)cc1)N1CCCC(c2nn(-c3ccccc3)c(=O)[nH]2)C1. The summed E-state index contributed by atoms with van der Waals surface area (Å²) in [6.07, 6.45) is -2.99. The van der Waals surface area contributed by atoms with Crippen LogP contribution in [0.2, 0.25) is 0 Å². The molecule has 156 valence electrons. The average Bonchev–Trinajstić information content (AvgIpc) is 3.15. The first-order valence-electron chi connectivity index (χ1n) is 9.54. The third kappa shape index (κ3) is 4.00. The number of H-pyrrole nitrogens is 1. The maximum Gasteiger partial charge on any atom is 0.416 e. The first-order valence-corrected chi connectivity index (χ1v) is 9.54. The summed E-state index contributed by atoms with van der Waals surface area (Å²) < 4.78 is 39.5. The number of amides is 1. The maximum absolute atomic E-state index is 12.8. The van der Waals surface area contributed by atoms with Gasteiger partial charge in [-0.05, 0) is 49.2 Å². The minimum Gasteiger partial charge on any atom is -0.338 e. The zero-order valence-corrected chi connectivity index (χ0v) is 15.9. The predicted octanol–water partition coefficient (Wildman–Crippen LogP) is 3.60. The molecule has 9 heteroatoms. The van der Waals surface area contributed by atoms with E-state index in [1.807, 2.05) is 6.07 Å². The van der Waals surface area contributed by atoms with Crippen molar-refractivity contribution in [1.82, 2.24) is 19.7 Å². The van der Waals surface area contributed by atoms with Crippen LogP contribution >= 0.6 is 0 Å². The molecule has 0 spiro atoms. The molecule has 4 rings (SSSR count). The third-order valence-electron chi connectivity index (χ3n) is 5.19. The topological polar surface area (TPSA) is 71.0 Å². The summed E-state index contributed by atoms with van der Waals surface area (Å²) in [4.78, 5) is 29.4. The van der Waals surface area contributed by atoms with Crippen LogP contribution in [0.4, 0.5) is 13.2 Å². The molecule has 1 aromatic heterocycles. The lowest BCUT2D eigenvalue weighted by molar-refractivity contribution is -0.137. The molecule has 1 amide bonds. The summed E-state index contributed by atoms with van der Waals surface area (Å²) in [6.45, 7) is 0.835. The molecule has 2 aromatic carbocycles. The van der Waals surface area contributed by atoms with Gasteiger partial charge in [0.1, 0.15) is 5.82 Å². The highest BCUT2D eigenvalue weighted by atomic mass is 19.4. The number of carbonyl (C=O) groups excluding carboxylic acids is 1. The van der Waals surface area contributed by atoms with Crippen molar-refractivity contribution in [3.05, 3.63) is 82.0 Å². The van der Waals surface area contributed by atoms with Gasteiger partial charge in [-0.15, -0.1) is 5.10 Å². The van der Waals surface area contributed by atoms with Gasteiger partial charge in [-0.25, -0.2) is 4.79 Å². The summed E-state index contributed by atoms with van der Waals surface area (Å²) in [6, 6.07) is 13.2. The number of nitrogens with zero attached hydrogens (tertiary/aromatic N) is 3. The number of carbonyl (C=O) groups is 1. The molecule has 1 saturated heterocycles. The van der Waals surface area contributed by atoms with Gasteiger partial charge in [0.25, 0.3) is 5.91 Å². The van der Waals surface area contributed by atoms with Crippen LogP contribution in [0.15, 0.2) is 59.4 Å². The smallest absolute Gasteiger partial charge is 0.338 e. The van der Waals surface area contributed by atoms with Crippen molar-refractivity contribution < 1.29 is 18.0 Å². The van der Waals surface area contributed by atoms with E-state index < -0.39 is 11.7 Å². The largest absolute Gasteiger partial charge is 0.416 e. The van der Waals surface area contributed by atoms with Crippen molar-refractivity contribution in [2.24, 2.45) is 0 Å². The molecule has 0 saturated carbocycles. The highest BCUT2D eigenvalue weighted by Gasteiger charge is 2.31. The molecule has 1 aliphatic heterocycles. The number of halogens is 3. The number of aromatic nitrogens is 3. The van der Waals surface area contributed by atoms with Crippen molar-refractivity contribution in [2.75, 3.05) is 13.1 Å². The Morgan fingerprint density at radius 2 is 1.77 bits per heavy atom. The minimum absolute atomic E-state index is 0.158. The highest BCUT2D eigenvalue weighted by molar-refractivity contribution is 5.94. The molecule has 1 fully saturated rings. The van der Waals surface area contributed by atoms with Gasteiger partial charge in [0, 0.05) is 24.6 Å². The number of nitrogens with one attached hydrogen (secondary N) is 1. The number of para-hydroxylation sites is 1. The predicted molar refractivity (Wildman–Crippen MR) is 104 cm³/mol. The molecule has 0 aliphatic carbocycles. The highest BCUT2D eigenvalue weighted by Crippen LogP contribution is 2.30. The van der Waals surface area contributed by atoms with Crippen LogP contribution < -0.4 is 5.69 Å². The van der Waals surface area contributed by atoms with Crippen molar-refractivity contribution >= 4 is 5.91 Å². The van der Waals surface area contributed by atoms with Gasteiger partial charge >= 0.3 is 11.9 Å². The number of alkyl halides is 3. The standard InChI is InChI=1S/C21H19F3N4O2/c22-21(23,24)16-10-8-14(9-11-16)19(29)27-12-4-5-15(13-27)18-25-20(30)28(26-18)17-6-2-1-3-7-17/h1-3,6-11,15H,4-5,12-13H2,(H,25,26,30). The number of hydrogen-bond donors (Lipinski definition) is 1. The Morgan fingerprint density at radius 3 is 2.43 bits per heavy atom. The van der Waals surface area contributed by atoms with E-state index in [1.54, 1.807) is 29.2 Å². The second-order valence-corrected chi connectivity index (χ2v) is 7.23. The summed E-state index contributed by atoms with van der Waals surface area (Å²) in [5.74, 6) is 0.00171. The molecule has 30 heavy (non-hydrogen) atoms. The number of piperidine rings is 1. The monoisotopic (exact) mass is 416 g/mol. The van der Waals surface area contributed by atoms with Crippen molar-refractivity contribution in [3.8, 4) is 5.69 Å². The fourth-order valence-electron chi connectivity index (χ4n) is 3.64. The quantitative estimate of drug-likeness (QED) is 0.709. The molecule has 0 radical (unpaired) electrons. The Kier molecular flexibility index (Phi) is 5.19. The Morgan fingerprint density at radius 1 is 1.07 bits per heavy atom. The molecular formula is C21H19F3N4O2. The molecule has 1 unspecified atom stereocenters. The average molecular weight is 416 g/mol. The van der Waals surface area contributed by atoms with Gasteiger partial charge in [0.15, 0.2) is 0 Å². The Balaban J connectivity index is 1.51. The van der Waals surface area contributed by atoms with Gasteiger partial charge in [-0.1, -0.05) is 18.2 Å². The van der Waals surface area contributed by atoms with E-state index in [-0.39, 0.29) is 23.1 Å². The first-order chi connectivity index (χ1) is 14.3. The zero-order valence-electron chi connectivity index (χ0n) is 15.9. The second-order valence-electron chi connectivity index (χ2n) is 7.23. The van der Waals surface area contributed by atoms with Crippen LogP contribution in [0.5, 0.6) is 0 Å². The second kappa shape index (κ2) is 7.81. The number of hydrogen-bond acceptors (Lipinski definition) is 3. The fraction of sp³-hybridized carbons (Fsp3) is 0.286. The van der Waals surface area contributed by atoms with Crippen LogP contribution in [0.25, 0.3) is 5.69 Å². The summed E-state index contributed by atoms with van der Waals surface area (Å²) in [5, 5.41) is 4.39. The lowest BCUT2D eigenvalue weighted by Gasteiger charge is -2.31. The maximum atomic E-state index is 12.8. The van der Waals surface area contributed by atoms with Gasteiger partial charge in [-0.2, -0.15) is 17.9 Å². The Bertz CT molecular complexity index is 1090. The molecule has 1 aliphatic rings. The fourth-order valence-corrected chi connectivity index (χ4v) is 3.64. The summed E-state index contributed by atoms with van der Waals surface area (Å²) in [5.41, 5.74) is -0.313. The molecule has 1 N–H and O–H groups in total. The van der Waals surface area contributed by atoms with Gasteiger partial charge in [-0.3, -0.25) is 9.78 Å². The lowest BCUT2D eigenvalue weighted by Crippen LogP contribution is -2.39. The van der Waals surface area contributed by atoms with E-state index in [2.05, 4.69) is 10.1 Å². The number of aromatic amines is 1. The molecular weight excluding hydrogens is 397 g/mol. The van der Waals surface area contributed by atoms with E-state index in [1.165, 1.54) is 16.8 Å². The number of benzene rings is 2. The van der Waals surface area contributed by atoms with E-state index in [9.17, 15) is 22.8 Å². The van der Waals surface area contributed by atoms with E-state index in [0.717, 1.165) is 18.6 Å². The number of likely N-dealkylation sites (tertiary alicyclic amines) is 1. The van der Waals surface area contributed by atoms with E-state index >= 15 is 0 Å². The van der Waals surface area contributed by atoms with Crippen LogP contribution in [-0.4, -0.2) is 38.7 Å². The zero-order chi connectivity index (χ0) is 21.3. The normalized spacial score (nSPS) is 17.2. The lowest BCUT2D eigenvalue weighted by atomic mass is 9.96. The Labute approximate surface area is 170 Å². The van der Waals surface area contributed by atoms with Gasteiger partial charge in [0.05, 0.1) is 11.3 Å².